The number of aliphatic carboxylic acids is 1. The molecule has 0 amide bonds. The molecule has 0 saturated heterocycles. The van der Waals surface area contributed by atoms with Gasteiger partial charge in [0.05, 0.1) is 6.42 Å². The molecule has 0 aliphatic heterocycles. The van der Waals surface area contributed by atoms with Gasteiger partial charge in [-0.3, -0.25) is 4.79 Å². The number of carbonyl (C=O) groups is 1. The van der Waals surface area contributed by atoms with Crippen molar-refractivity contribution in [3.63, 3.8) is 0 Å². The van der Waals surface area contributed by atoms with E-state index in [0.29, 0.717) is 5.41 Å². The number of carboxylic acid groups (broad SMARTS) is 1. The second-order valence-corrected chi connectivity index (χ2v) is 4.86. The van der Waals surface area contributed by atoms with Gasteiger partial charge in [0.2, 0.25) is 0 Å². The Hall–Kier alpha value is -0.900. The minimum atomic E-state index is -0.804. The summed E-state index contributed by atoms with van der Waals surface area (Å²) in [5.74, 6) is -0.804. The first kappa shape index (κ1) is 8.69. The highest BCUT2D eigenvalue weighted by Gasteiger charge is 2.40. The molecule has 1 aliphatic rings. The van der Waals surface area contributed by atoms with Gasteiger partial charge in [0.25, 0.3) is 0 Å². The molecule has 1 aromatic heterocycles. The molecule has 0 aromatic carbocycles. The largest absolute Gasteiger partial charge is 0.481 e. The Bertz CT molecular complexity index is 341. The van der Waals surface area contributed by atoms with Gasteiger partial charge in [-0.05, 0) is 12.8 Å². The summed E-state index contributed by atoms with van der Waals surface area (Å²) in [4.78, 5) is 15.8. The van der Waals surface area contributed by atoms with Crippen molar-refractivity contribution in [2.45, 2.75) is 31.6 Å². The fourth-order valence-electron chi connectivity index (χ4n) is 1.23. The first-order valence-corrected chi connectivity index (χ1v) is 5.09. The van der Waals surface area contributed by atoms with E-state index in [9.17, 15) is 4.79 Å². The summed E-state index contributed by atoms with van der Waals surface area (Å²) in [5, 5.41) is 9.28. The van der Waals surface area contributed by atoms with Crippen LogP contribution >= 0.6 is 11.3 Å². The minimum absolute atomic E-state index is 0.0563. The molecule has 1 aliphatic carbocycles. The lowest BCUT2D eigenvalue weighted by Gasteiger charge is -2.00. The first-order chi connectivity index (χ1) is 6.10. The van der Waals surface area contributed by atoms with Crippen LogP contribution in [0.2, 0.25) is 0 Å². The number of hydrogen-bond acceptors (Lipinski definition) is 3. The second-order valence-electron chi connectivity index (χ2n) is 3.75. The van der Waals surface area contributed by atoms with E-state index in [1.807, 2.05) is 6.20 Å². The highest BCUT2D eigenvalue weighted by Crippen LogP contribution is 2.49. The average Bonchev–Trinajstić information content (AvgIpc) is 2.62. The van der Waals surface area contributed by atoms with E-state index in [1.165, 1.54) is 29.1 Å². The lowest BCUT2D eigenvalue weighted by molar-refractivity contribution is -0.136. The Morgan fingerprint density at radius 3 is 3.00 bits per heavy atom. The molecule has 1 N–H and O–H groups in total. The zero-order valence-corrected chi connectivity index (χ0v) is 8.23. The molecule has 1 heterocycles. The molecule has 2 rings (SSSR count). The summed E-state index contributed by atoms with van der Waals surface area (Å²) >= 11 is 1.54. The molecular formula is C9H11NO2S. The van der Waals surface area contributed by atoms with Crippen molar-refractivity contribution in [2.24, 2.45) is 0 Å². The lowest BCUT2D eigenvalue weighted by Crippen LogP contribution is -1.98. The maximum absolute atomic E-state index is 10.4. The Morgan fingerprint density at radius 1 is 1.77 bits per heavy atom. The summed E-state index contributed by atoms with van der Waals surface area (Å²) in [6.07, 6.45) is 4.31. The molecule has 1 saturated carbocycles. The number of carboxylic acids is 1. The van der Waals surface area contributed by atoms with Crippen molar-refractivity contribution in [3.8, 4) is 0 Å². The third-order valence-corrected chi connectivity index (χ3v) is 3.75. The fourth-order valence-corrected chi connectivity index (χ4v) is 2.35. The Labute approximate surface area is 80.4 Å². The molecule has 3 nitrogen and oxygen atoms in total. The number of aromatic nitrogens is 1. The Balaban J connectivity index is 2.14. The van der Waals surface area contributed by atoms with Gasteiger partial charge in [-0.25, -0.2) is 4.98 Å². The maximum atomic E-state index is 10.4. The van der Waals surface area contributed by atoms with Crippen molar-refractivity contribution in [3.05, 3.63) is 16.1 Å². The molecule has 0 unspecified atom stereocenters. The maximum Gasteiger partial charge on any atom is 0.310 e. The lowest BCUT2D eigenvalue weighted by atomic mass is 10.1. The van der Waals surface area contributed by atoms with Crippen LogP contribution in [0.1, 0.15) is 29.7 Å². The van der Waals surface area contributed by atoms with Gasteiger partial charge in [0, 0.05) is 16.5 Å². The predicted molar refractivity (Wildman–Crippen MR) is 50.0 cm³/mol. The van der Waals surface area contributed by atoms with E-state index in [2.05, 4.69) is 11.9 Å². The van der Waals surface area contributed by atoms with Crippen LogP contribution in [0.25, 0.3) is 0 Å². The minimum Gasteiger partial charge on any atom is -0.481 e. The van der Waals surface area contributed by atoms with E-state index in [1.54, 1.807) is 0 Å². The SMILES string of the molecule is CC1(c2cnc(CC(=O)O)s2)CC1. The van der Waals surface area contributed by atoms with Crippen molar-refractivity contribution in [1.29, 1.82) is 0 Å². The molecule has 1 aromatic rings. The van der Waals surface area contributed by atoms with Crippen molar-refractivity contribution in [1.82, 2.24) is 4.98 Å². The normalized spacial score (nSPS) is 18.5. The molecule has 0 spiro atoms. The van der Waals surface area contributed by atoms with Crippen LogP contribution in [0.15, 0.2) is 6.20 Å². The van der Waals surface area contributed by atoms with E-state index in [-0.39, 0.29) is 6.42 Å². The van der Waals surface area contributed by atoms with Crippen LogP contribution in [-0.2, 0) is 16.6 Å². The molecule has 0 atom stereocenters. The smallest absolute Gasteiger partial charge is 0.310 e. The van der Waals surface area contributed by atoms with Gasteiger partial charge in [-0.15, -0.1) is 11.3 Å². The highest BCUT2D eigenvalue weighted by molar-refractivity contribution is 7.11. The summed E-state index contributed by atoms with van der Waals surface area (Å²) in [7, 11) is 0. The Morgan fingerprint density at radius 2 is 2.46 bits per heavy atom. The van der Waals surface area contributed by atoms with Crippen molar-refractivity contribution >= 4 is 17.3 Å². The summed E-state index contributed by atoms with van der Waals surface area (Å²) in [5.41, 5.74) is 0.314. The molecule has 0 radical (unpaired) electrons. The van der Waals surface area contributed by atoms with E-state index < -0.39 is 5.97 Å². The van der Waals surface area contributed by atoms with Crippen LogP contribution in [0.5, 0.6) is 0 Å². The van der Waals surface area contributed by atoms with Crippen LogP contribution in [0.3, 0.4) is 0 Å². The number of rotatable bonds is 3. The van der Waals surface area contributed by atoms with Gasteiger partial charge >= 0.3 is 5.97 Å². The van der Waals surface area contributed by atoms with Crippen LogP contribution in [0.4, 0.5) is 0 Å². The topological polar surface area (TPSA) is 50.2 Å². The van der Waals surface area contributed by atoms with E-state index in [4.69, 9.17) is 5.11 Å². The third-order valence-electron chi connectivity index (χ3n) is 2.45. The zero-order chi connectivity index (χ0) is 9.47. The van der Waals surface area contributed by atoms with Crippen molar-refractivity contribution < 1.29 is 9.90 Å². The molecule has 1 fully saturated rings. The molecule has 0 bridgehead atoms. The predicted octanol–water partition coefficient (Wildman–Crippen LogP) is 1.82. The van der Waals surface area contributed by atoms with Gasteiger partial charge in [-0.2, -0.15) is 0 Å². The summed E-state index contributed by atoms with van der Waals surface area (Å²) in [6.45, 7) is 2.20. The van der Waals surface area contributed by atoms with Crippen LogP contribution in [0, 0.1) is 0 Å². The van der Waals surface area contributed by atoms with Crippen molar-refractivity contribution in [2.75, 3.05) is 0 Å². The van der Waals surface area contributed by atoms with E-state index in [0.717, 1.165) is 5.01 Å². The molecule has 13 heavy (non-hydrogen) atoms. The monoisotopic (exact) mass is 197 g/mol. The second kappa shape index (κ2) is 2.80. The molecule has 4 heteroatoms. The quantitative estimate of drug-likeness (QED) is 0.804. The average molecular weight is 197 g/mol. The number of thiazole rings is 1. The van der Waals surface area contributed by atoms with E-state index >= 15 is 0 Å². The standard InChI is InChI=1S/C9H11NO2S/c1-9(2-3-9)6-5-10-7(13-6)4-8(11)12/h5H,2-4H2,1H3,(H,11,12). The van der Waals surface area contributed by atoms with Crippen LogP contribution < -0.4 is 0 Å². The zero-order valence-electron chi connectivity index (χ0n) is 7.41. The van der Waals surface area contributed by atoms with Gasteiger partial charge < -0.3 is 5.11 Å². The fraction of sp³-hybridized carbons (Fsp3) is 0.556. The van der Waals surface area contributed by atoms with Crippen LogP contribution in [-0.4, -0.2) is 16.1 Å². The third kappa shape index (κ3) is 1.72. The van der Waals surface area contributed by atoms with Gasteiger partial charge in [0.1, 0.15) is 5.01 Å². The summed E-state index contributed by atoms with van der Waals surface area (Å²) < 4.78 is 0. The molecular weight excluding hydrogens is 186 g/mol. The first-order valence-electron chi connectivity index (χ1n) is 4.27. The molecule has 70 valence electrons. The number of hydrogen-bond donors (Lipinski definition) is 1. The Kier molecular flexibility index (Phi) is 1.87. The summed E-state index contributed by atoms with van der Waals surface area (Å²) in [6, 6.07) is 0. The number of nitrogens with zero attached hydrogens (tertiary/aromatic N) is 1. The van der Waals surface area contributed by atoms with Gasteiger partial charge in [0.15, 0.2) is 0 Å². The van der Waals surface area contributed by atoms with Gasteiger partial charge in [-0.1, -0.05) is 6.92 Å². The highest BCUT2D eigenvalue weighted by atomic mass is 32.1.